The molecule has 5 nitrogen and oxygen atoms in total. The number of phenols is 1. The molecule has 0 heterocycles. The van der Waals surface area contributed by atoms with E-state index < -0.39 is 4.92 Å². The summed E-state index contributed by atoms with van der Waals surface area (Å²) in [5.74, 6) is 0.00755. The molecule has 2 aromatic carbocycles. The second-order valence-corrected chi connectivity index (χ2v) is 4.03. The highest BCUT2D eigenvalue weighted by Gasteiger charge is 2.13. The van der Waals surface area contributed by atoms with Crippen LogP contribution in [0.2, 0.25) is 0 Å². The Morgan fingerprint density at radius 2 is 1.89 bits per heavy atom. The van der Waals surface area contributed by atoms with E-state index in [-0.39, 0.29) is 23.8 Å². The molecule has 0 aromatic heterocycles. The van der Waals surface area contributed by atoms with Crippen molar-refractivity contribution in [2.24, 2.45) is 0 Å². The summed E-state index contributed by atoms with van der Waals surface area (Å²) in [6.45, 7) is 1.67. The fourth-order valence-corrected chi connectivity index (χ4v) is 1.77. The summed E-state index contributed by atoms with van der Waals surface area (Å²) in [4.78, 5) is 10.4. The number of hydrogen-bond donors (Lipinski definition) is 2. The maximum atomic E-state index is 10.9. The predicted molar refractivity (Wildman–Crippen MR) is 76.6 cm³/mol. The zero-order valence-corrected chi connectivity index (χ0v) is 11.0. The van der Waals surface area contributed by atoms with Crippen LogP contribution in [0.5, 0.6) is 5.75 Å². The van der Waals surface area contributed by atoms with E-state index in [1.165, 1.54) is 12.1 Å². The van der Waals surface area contributed by atoms with Gasteiger partial charge in [-0.15, -0.1) is 12.4 Å². The lowest BCUT2D eigenvalue weighted by molar-refractivity contribution is -0.385. The highest BCUT2D eigenvalue weighted by Crippen LogP contribution is 2.33. The number of nitrogen functional groups attached to an aromatic ring is 1. The third-order valence-corrected chi connectivity index (χ3v) is 2.74. The van der Waals surface area contributed by atoms with Gasteiger partial charge in [0.15, 0.2) is 0 Å². The SMILES string of the molecule is Cc1ccc(-c2ccc(N)cc2O)cc1[N+](=O)[O-].Cl. The van der Waals surface area contributed by atoms with E-state index >= 15 is 0 Å². The molecule has 0 unspecified atom stereocenters. The number of rotatable bonds is 2. The van der Waals surface area contributed by atoms with Crippen LogP contribution in [-0.2, 0) is 0 Å². The lowest BCUT2D eigenvalue weighted by atomic mass is 10.0. The van der Waals surface area contributed by atoms with Crippen LogP contribution in [0.1, 0.15) is 5.56 Å². The van der Waals surface area contributed by atoms with Gasteiger partial charge in [0, 0.05) is 28.9 Å². The number of nitrogens with two attached hydrogens (primary N) is 1. The van der Waals surface area contributed by atoms with Gasteiger partial charge in [-0.2, -0.15) is 0 Å². The number of aryl methyl sites for hydroxylation is 1. The summed E-state index contributed by atoms with van der Waals surface area (Å²) < 4.78 is 0. The van der Waals surface area contributed by atoms with Gasteiger partial charge < -0.3 is 10.8 Å². The highest BCUT2D eigenvalue weighted by molar-refractivity contribution is 5.85. The van der Waals surface area contributed by atoms with Gasteiger partial charge in [0.25, 0.3) is 5.69 Å². The van der Waals surface area contributed by atoms with Crippen LogP contribution < -0.4 is 5.73 Å². The summed E-state index contributed by atoms with van der Waals surface area (Å²) in [6, 6.07) is 9.53. The van der Waals surface area contributed by atoms with E-state index in [0.717, 1.165) is 0 Å². The first-order valence-electron chi connectivity index (χ1n) is 5.33. The monoisotopic (exact) mass is 280 g/mol. The molecule has 0 saturated heterocycles. The van der Waals surface area contributed by atoms with Gasteiger partial charge in [-0.1, -0.05) is 12.1 Å². The molecule has 0 spiro atoms. The van der Waals surface area contributed by atoms with Gasteiger partial charge in [-0.05, 0) is 24.6 Å². The molecule has 2 rings (SSSR count). The minimum atomic E-state index is -0.437. The largest absolute Gasteiger partial charge is 0.507 e. The van der Waals surface area contributed by atoms with Crippen LogP contribution in [0.25, 0.3) is 11.1 Å². The fourth-order valence-electron chi connectivity index (χ4n) is 1.77. The summed E-state index contributed by atoms with van der Waals surface area (Å²) >= 11 is 0. The first kappa shape index (κ1) is 14.8. The van der Waals surface area contributed by atoms with Gasteiger partial charge in [-0.3, -0.25) is 10.1 Å². The van der Waals surface area contributed by atoms with Crippen molar-refractivity contribution in [2.75, 3.05) is 5.73 Å². The molecule has 0 fully saturated rings. The molecule has 0 atom stereocenters. The number of nitro groups is 1. The zero-order valence-electron chi connectivity index (χ0n) is 10.2. The fraction of sp³-hybridized carbons (Fsp3) is 0.0769. The first-order chi connectivity index (χ1) is 8.49. The van der Waals surface area contributed by atoms with Gasteiger partial charge in [0.2, 0.25) is 0 Å². The van der Waals surface area contributed by atoms with Gasteiger partial charge >= 0.3 is 0 Å². The van der Waals surface area contributed by atoms with Crippen molar-refractivity contribution in [3.05, 3.63) is 52.1 Å². The van der Waals surface area contributed by atoms with Crippen molar-refractivity contribution in [3.8, 4) is 16.9 Å². The van der Waals surface area contributed by atoms with Crippen molar-refractivity contribution < 1.29 is 10.0 Å². The number of nitrogens with zero attached hydrogens (tertiary/aromatic N) is 1. The molecule has 0 saturated carbocycles. The van der Waals surface area contributed by atoms with Crippen LogP contribution in [0.3, 0.4) is 0 Å². The number of aromatic hydroxyl groups is 1. The molecular formula is C13H13ClN2O3. The van der Waals surface area contributed by atoms with Gasteiger partial charge in [0.1, 0.15) is 5.75 Å². The second-order valence-electron chi connectivity index (χ2n) is 4.03. The molecule has 0 bridgehead atoms. The second kappa shape index (κ2) is 5.58. The van der Waals surface area contributed by atoms with Crippen LogP contribution in [0.15, 0.2) is 36.4 Å². The molecule has 0 aliphatic rings. The number of phenolic OH excluding ortho intramolecular Hbond substituents is 1. The number of benzene rings is 2. The van der Waals surface area contributed by atoms with Gasteiger partial charge in [-0.25, -0.2) is 0 Å². The van der Waals surface area contributed by atoms with Crippen LogP contribution in [0, 0.1) is 17.0 Å². The molecule has 100 valence electrons. The lowest BCUT2D eigenvalue weighted by Gasteiger charge is -2.06. The summed E-state index contributed by atoms with van der Waals surface area (Å²) in [5.41, 5.74) is 7.70. The Morgan fingerprint density at radius 1 is 1.21 bits per heavy atom. The Morgan fingerprint density at radius 3 is 2.47 bits per heavy atom. The number of halogens is 1. The quantitative estimate of drug-likeness (QED) is 0.502. The van der Waals surface area contributed by atoms with Crippen LogP contribution >= 0.6 is 12.4 Å². The molecule has 0 amide bonds. The smallest absolute Gasteiger partial charge is 0.272 e. The number of nitro benzene ring substituents is 1. The maximum absolute atomic E-state index is 10.9. The zero-order chi connectivity index (χ0) is 13.3. The Kier molecular flexibility index (Phi) is 4.34. The standard InChI is InChI=1S/C13H12N2O3.ClH/c1-8-2-3-9(6-12(8)15(17)18)11-5-4-10(14)7-13(11)16;/h2-7,16H,14H2,1H3;1H. The third-order valence-electron chi connectivity index (χ3n) is 2.74. The van der Waals surface area contributed by atoms with Crippen molar-refractivity contribution in [2.45, 2.75) is 6.92 Å². The van der Waals surface area contributed by atoms with Crippen molar-refractivity contribution in [3.63, 3.8) is 0 Å². The summed E-state index contributed by atoms with van der Waals surface area (Å²) in [5, 5.41) is 20.7. The van der Waals surface area contributed by atoms with Crippen LogP contribution in [0.4, 0.5) is 11.4 Å². The Hall–Kier alpha value is -2.27. The lowest BCUT2D eigenvalue weighted by Crippen LogP contribution is -1.92. The van der Waals surface area contributed by atoms with Crippen molar-refractivity contribution in [1.29, 1.82) is 0 Å². The minimum Gasteiger partial charge on any atom is -0.507 e. The molecule has 19 heavy (non-hydrogen) atoms. The molecule has 0 aliphatic heterocycles. The molecule has 0 radical (unpaired) electrons. The topological polar surface area (TPSA) is 89.4 Å². The predicted octanol–water partition coefficient (Wildman–Crippen LogP) is 3.28. The Bertz CT molecular complexity index is 629. The van der Waals surface area contributed by atoms with E-state index in [4.69, 9.17) is 5.73 Å². The number of anilines is 1. The minimum absolute atomic E-state index is 0. The van der Waals surface area contributed by atoms with Crippen molar-refractivity contribution in [1.82, 2.24) is 0 Å². The maximum Gasteiger partial charge on any atom is 0.272 e. The number of hydrogen-bond acceptors (Lipinski definition) is 4. The molecule has 0 aliphatic carbocycles. The Balaban J connectivity index is 0.00000180. The van der Waals surface area contributed by atoms with E-state index in [2.05, 4.69) is 0 Å². The molecular weight excluding hydrogens is 268 g/mol. The average Bonchev–Trinajstić information content (AvgIpc) is 2.30. The Labute approximate surface area is 116 Å². The van der Waals surface area contributed by atoms with Crippen molar-refractivity contribution >= 4 is 23.8 Å². The highest BCUT2D eigenvalue weighted by atomic mass is 35.5. The van der Waals surface area contributed by atoms with Gasteiger partial charge in [0.05, 0.1) is 4.92 Å². The summed E-state index contributed by atoms with van der Waals surface area (Å²) in [7, 11) is 0. The third kappa shape index (κ3) is 2.95. The molecule has 6 heteroatoms. The average molecular weight is 281 g/mol. The van der Waals surface area contributed by atoms with E-state index in [9.17, 15) is 15.2 Å². The van der Waals surface area contributed by atoms with E-state index in [1.54, 1.807) is 31.2 Å². The molecule has 2 aromatic rings. The van der Waals surface area contributed by atoms with E-state index in [0.29, 0.717) is 22.4 Å². The summed E-state index contributed by atoms with van der Waals surface area (Å²) in [6.07, 6.45) is 0. The normalized spacial score (nSPS) is 9.74. The van der Waals surface area contributed by atoms with Crippen LogP contribution in [-0.4, -0.2) is 10.0 Å². The molecule has 3 N–H and O–H groups in total. The van der Waals surface area contributed by atoms with E-state index in [1.807, 2.05) is 0 Å². The first-order valence-corrected chi connectivity index (χ1v) is 5.33.